The van der Waals surface area contributed by atoms with Crippen molar-refractivity contribution in [2.24, 2.45) is 0 Å². The van der Waals surface area contributed by atoms with Gasteiger partial charge < -0.3 is 4.90 Å². The zero-order chi connectivity index (χ0) is 14.3. The van der Waals surface area contributed by atoms with E-state index < -0.39 is 0 Å². The van der Waals surface area contributed by atoms with E-state index in [2.05, 4.69) is 62.9 Å². The molecule has 104 valence electrons. The summed E-state index contributed by atoms with van der Waals surface area (Å²) < 4.78 is 0. The molecule has 0 unspecified atom stereocenters. The van der Waals surface area contributed by atoms with Crippen LogP contribution in [-0.2, 0) is 6.54 Å². The van der Waals surface area contributed by atoms with Crippen molar-refractivity contribution in [1.82, 2.24) is 0 Å². The molecule has 0 radical (unpaired) electrons. The summed E-state index contributed by atoms with van der Waals surface area (Å²) >= 11 is 1.97. The number of para-hydroxylation sites is 1. The molecule has 0 saturated heterocycles. The molecule has 2 aromatic carbocycles. The van der Waals surface area contributed by atoms with Crippen LogP contribution in [0.4, 0.5) is 5.69 Å². The summed E-state index contributed by atoms with van der Waals surface area (Å²) in [5.41, 5.74) is 8.42. The highest BCUT2D eigenvalue weighted by Gasteiger charge is 2.21. The van der Waals surface area contributed by atoms with Gasteiger partial charge in [0.2, 0.25) is 0 Å². The number of aryl methyl sites for hydroxylation is 4. The third kappa shape index (κ3) is 2.33. The number of thioether (sulfide) groups is 1. The highest BCUT2D eigenvalue weighted by atomic mass is 32.2. The number of benzene rings is 2. The Morgan fingerprint density at radius 2 is 1.65 bits per heavy atom. The van der Waals surface area contributed by atoms with Crippen molar-refractivity contribution in [3.8, 4) is 0 Å². The lowest BCUT2D eigenvalue weighted by Crippen LogP contribution is -2.27. The molecule has 1 heterocycles. The number of anilines is 1. The van der Waals surface area contributed by atoms with Gasteiger partial charge in [0.1, 0.15) is 0 Å². The fourth-order valence-corrected chi connectivity index (χ4v) is 4.31. The highest BCUT2D eigenvalue weighted by molar-refractivity contribution is 7.99. The molecule has 20 heavy (non-hydrogen) atoms. The third-order valence-corrected chi connectivity index (χ3v) is 5.29. The van der Waals surface area contributed by atoms with Crippen molar-refractivity contribution < 1.29 is 0 Å². The number of nitrogens with zero attached hydrogens (tertiary/aromatic N) is 1. The molecule has 1 nitrogen and oxygen atoms in total. The summed E-state index contributed by atoms with van der Waals surface area (Å²) in [6.45, 7) is 9.87. The van der Waals surface area contributed by atoms with Crippen LogP contribution in [0.25, 0.3) is 0 Å². The van der Waals surface area contributed by atoms with Crippen molar-refractivity contribution in [1.29, 1.82) is 0 Å². The average molecular weight is 283 g/mol. The van der Waals surface area contributed by atoms with Gasteiger partial charge in [-0.25, -0.2) is 0 Å². The summed E-state index contributed by atoms with van der Waals surface area (Å²) in [5, 5.41) is 0. The molecular weight excluding hydrogens is 262 g/mol. The Balaban J connectivity index is 2.00. The summed E-state index contributed by atoms with van der Waals surface area (Å²) in [7, 11) is 0. The number of fused-ring (bicyclic) bond motifs is 1. The maximum Gasteiger partial charge on any atom is 0.0689 e. The van der Waals surface area contributed by atoms with Crippen LogP contribution < -0.4 is 4.90 Å². The first kappa shape index (κ1) is 13.6. The van der Waals surface area contributed by atoms with Crippen LogP contribution in [0.5, 0.6) is 0 Å². The van der Waals surface area contributed by atoms with E-state index in [1.54, 1.807) is 0 Å². The number of hydrogen-bond donors (Lipinski definition) is 0. The van der Waals surface area contributed by atoms with Crippen LogP contribution in [0.2, 0.25) is 0 Å². The molecular formula is C18H21NS. The average Bonchev–Trinajstić information content (AvgIpc) is 2.37. The molecule has 0 atom stereocenters. The fourth-order valence-electron chi connectivity index (χ4n) is 3.21. The standard InChI is InChI=1S/C18H21NS/c1-12-8-15(4)18-16(9-12)10-19(11-20-18)17-13(2)6-5-7-14(17)3/h5-9H,10-11H2,1-4H3. The molecule has 0 spiro atoms. The van der Waals surface area contributed by atoms with Gasteiger partial charge in [-0.05, 0) is 49.9 Å². The third-order valence-electron chi connectivity index (χ3n) is 3.98. The second-order valence-corrected chi connectivity index (χ2v) is 6.74. The lowest BCUT2D eigenvalue weighted by Gasteiger charge is -2.33. The molecule has 0 fully saturated rings. The number of rotatable bonds is 1. The molecule has 2 aromatic rings. The van der Waals surface area contributed by atoms with Gasteiger partial charge >= 0.3 is 0 Å². The number of hydrogen-bond acceptors (Lipinski definition) is 2. The molecule has 1 aliphatic heterocycles. The first-order chi connectivity index (χ1) is 9.56. The second-order valence-electron chi connectivity index (χ2n) is 5.78. The quantitative estimate of drug-likeness (QED) is 0.725. The van der Waals surface area contributed by atoms with Crippen LogP contribution in [0.3, 0.4) is 0 Å². The Hall–Kier alpha value is -1.41. The predicted molar refractivity (Wildman–Crippen MR) is 88.7 cm³/mol. The van der Waals surface area contributed by atoms with Crippen LogP contribution in [-0.4, -0.2) is 5.88 Å². The van der Waals surface area contributed by atoms with Gasteiger partial charge in [-0.1, -0.05) is 35.9 Å². The lowest BCUT2D eigenvalue weighted by atomic mass is 10.0. The molecule has 0 aliphatic carbocycles. The van der Waals surface area contributed by atoms with Crippen LogP contribution in [0.15, 0.2) is 35.2 Å². The van der Waals surface area contributed by atoms with Gasteiger partial charge in [0, 0.05) is 17.1 Å². The van der Waals surface area contributed by atoms with Crippen LogP contribution in [0, 0.1) is 27.7 Å². The Bertz CT molecular complexity index is 640. The highest BCUT2D eigenvalue weighted by Crippen LogP contribution is 2.38. The van der Waals surface area contributed by atoms with Gasteiger partial charge in [0.15, 0.2) is 0 Å². The van der Waals surface area contributed by atoms with Crippen molar-refractivity contribution in [2.45, 2.75) is 39.1 Å². The van der Waals surface area contributed by atoms with Crippen molar-refractivity contribution >= 4 is 17.4 Å². The first-order valence-electron chi connectivity index (χ1n) is 7.10. The molecule has 0 saturated carbocycles. The molecule has 1 aliphatic rings. The Kier molecular flexibility index (Phi) is 3.51. The van der Waals surface area contributed by atoms with E-state index >= 15 is 0 Å². The van der Waals surface area contributed by atoms with E-state index in [-0.39, 0.29) is 0 Å². The monoisotopic (exact) mass is 283 g/mol. The minimum Gasteiger partial charge on any atom is -0.357 e. The summed E-state index contributed by atoms with van der Waals surface area (Å²) in [6, 6.07) is 11.2. The summed E-state index contributed by atoms with van der Waals surface area (Å²) in [4.78, 5) is 3.99. The zero-order valence-corrected chi connectivity index (χ0v) is 13.5. The Morgan fingerprint density at radius 3 is 2.35 bits per heavy atom. The molecule has 0 bridgehead atoms. The molecule has 0 amide bonds. The maximum absolute atomic E-state index is 2.51. The predicted octanol–water partition coefficient (Wildman–Crippen LogP) is 4.99. The van der Waals surface area contributed by atoms with E-state index in [1.807, 2.05) is 11.8 Å². The van der Waals surface area contributed by atoms with Crippen molar-refractivity contribution in [2.75, 3.05) is 10.8 Å². The minimum absolute atomic E-state index is 1.02. The van der Waals surface area contributed by atoms with E-state index in [1.165, 1.54) is 38.4 Å². The zero-order valence-electron chi connectivity index (χ0n) is 12.7. The topological polar surface area (TPSA) is 3.24 Å². The van der Waals surface area contributed by atoms with Gasteiger partial charge in [-0.3, -0.25) is 0 Å². The fraction of sp³-hybridized carbons (Fsp3) is 0.333. The van der Waals surface area contributed by atoms with Crippen LogP contribution >= 0.6 is 11.8 Å². The van der Waals surface area contributed by atoms with E-state index in [0.717, 1.165) is 12.4 Å². The smallest absolute Gasteiger partial charge is 0.0689 e. The largest absolute Gasteiger partial charge is 0.357 e. The van der Waals surface area contributed by atoms with Gasteiger partial charge in [0.05, 0.1) is 5.88 Å². The Morgan fingerprint density at radius 1 is 0.950 bits per heavy atom. The van der Waals surface area contributed by atoms with Crippen LogP contribution in [0.1, 0.15) is 27.8 Å². The normalized spacial score (nSPS) is 14.3. The van der Waals surface area contributed by atoms with Gasteiger partial charge in [0.25, 0.3) is 0 Å². The summed E-state index contributed by atoms with van der Waals surface area (Å²) in [5.74, 6) is 1.04. The maximum atomic E-state index is 2.51. The van der Waals surface area contributed by atoms with E-state index in [0.29, 0.717) is 0 Å². The first-order valence-corrected chi connectivity index (χ1v) is 8.09. The van der Waals surface area contributed by atoms with E-state index in [9.17, 15) is 0 Å². The molecule has 0 N–H and O–H groups in total. The van der Waals surface area contributed by atoms with Gasteiger partial charge in [-0.15, -0.1) is 11.8 Å². The second kappa shape index (κ2) is 5.17. The minimum atomic E-state index is 1.02. The molecule has 0 aromatic heterocycles. The molecule has 3 rings (SSSR count). The summed E-state index contributed by atoms with van der Waals surface area (Å²) in [6.07, 6.45) is 0. The lowest BCUT2D eigenvalue weighted by molar-refractivity contribution is 0.850. The van der Waals surface area contributed by atoms with E-state index in [4.69, 9.17) is 0 Å². The SMILES string of the molecule is Cc1cc(C)c2c(c1)CN(c1c(C)cccc1C)CS2. The molecule has 2 heteroatoms. The Labute approximate surface area is 126 Å². The van der Waals surface area contributed by atoms with Gasteiger partial charge in [-0.2, -0.15) is 0 Å². The van der Waals surface area contributed by atoms with Crippen molar-refractivity contribution in [3.63, 3.8) is 0 Å². The van der Waals surface area contributed by atoms with Crippen molar-refractivity contribution in [3.05, 3.63) is 58.1 Å².